The Balaban J connectivity index is 1.59. The third kappa shape index (κ3) is 6.43. The van der Waals surface area contributed by atoms with Gasteiger partial charge in [0.25, 0.3) is 0 Å². The van der Waals surface area contributed by atoms with Gasteiger partial charge in [0, 0.05) is 0 Å². The molecule has 0 bridgehead atoms. The highest BCUT2D eigenvalue weighted by Crippen LogP contribution is 2.48. The molecule has 1 aromatic rings. The second-order valence-corrected chi connectivity index (χ2v) is 9.15. The van der Waals surface area contributed by atoms with Crippen molar-refractivity contribution in [1.29, 1.82) is 0 Å². The maximum absolute atomic E-state index is 11.7. The number of aliphatic hydroxyl groups is 3. The lowest BCUT2D eigenvalue weighted by atomic mass is 9.73. The van der Waals surface area contributed by atoms with Crippen molar-refractivity contribution in [3.05, 3.63) is 29.3 Å². The van der Waals surface area contributed by atoms with Gasteiger partial charge >= 0.3 is 5.97 Å². The zero-order valence-corrected chi connectivity index (χ0v) is 18.7. The summed E-state index contributed by atoms with van der Waals surface area (Å²) < 4.78 is 10.6. The van der Waals surface area contributed by atoms with Crippen LogP contribution in [0.2, 0.25) is 0 Å². The van der Waals surface area contributed by atoms with Gasteiger partial charge in [-0.2, -0.15) is 0 Å². The number of unbranched alkanes of at least 4 members (excludes halogenated alkanes) is 2. The van der Waals surface area contributed by atoms with E-state index in [2.05, 4.69) is 13.0 Å². The second kappa shape index (κ2) is 11.8. The summed E-state index contributed by atoms with van der Waals surface area (Å²) in [5.74, 6) is 1.28. The Morgan fingerprint density at radius 2 is 2.06 bits per heavy atom. The van der Waals surface area contributed by atoms with Gasteiger partial charge in [-0.15, -0.1) is 0 Å². The van der Waals surface area contributed by atoms with Crippen molar-refractivity contribution < 1.29 is 29.6 Å². The van der Waals surface area contributed by atoms with Gasteiger partial charge in [0.15, 0.2) is 6.61 Å². The maximum atomic E-state index is 11.7. The molecule has 0 spiro atoms. The Morgan fingerprint density at radius 3 is 2.84 bits per heavy atom. The molecule has 0 radical (unpaired) electrons. The third-order valence-corrected chi connectivity index (χ3v) is 7.02. The topological polar surface area (TPSA) is 96.2 Å². The molecule has 0 amide bonds. The summed E-state index contributed by atoms with van der Waals surface area (Å²) in [6.45, 7) is 1.77. The minimum Gasteiger partial charge on any atom is -0.482 e. The van der Waals surface area contributed by atoms with Crippen LogP contribution in [0.4, 0.5) is 0 Å². The predicted octanol–water partition coefficient (Wildman–Crippen LogP) is 3.03. The molecule has 3 rings (SSSR count). The van der Waals surface area contributed by atoms with E-state index in [4.69, 9.17) is 14.6 Å². The van der Waals surface area contributed by atoms with Crippen molar-refractivity contribution in [2.24, 2.45) is 17.8 Å². The van der Waals surface area contributed by atoms with Gasteiger partial charge in [-0.05, 0) is 73.5 Å². The number of rotatable bonds is 12. The van der Waals surface area contributed by atoms with Crippen LogP contribution in [0, 0.1) is 17.8 Å². The first-order valence-corrected chi connectivity index (χ1v) is 11.9. The van der Waals surface area contributed by atoms with Gasteiger partial charge in [-0.1, -0.05) is 38.3 Å². The number of esters is 1. The molecule has 1 fully saturated rings. The lowest BCUT2D eigenvalue weighted by molar-refractivity contribution is -0.147. The van der Waals surface area contributed by atoms with Gasteiger partial charge in [0.2, 0.25) is 0 Å². The smallest absolute Gasteiger partial charge is 0.344 e. The molecule has 6 nitrogen and oxygen atoms in total. The minimum absolute atomic E-state index is 0.0224. The van der Waals surface area contributed by atoms with E-state index >= 15 is 0 Å². The zero-order valence-electron chi connectivity index (χ0n) is 18.7. The van der Waals surface area contributed by atoms with Crippen LogP contribution < -0.4 is 4.74 Å². The monoisotopic (exact) mass is 434 g/mol. The molecular formula is C25H38O6. The van der Waals surface area contributed by atoms with Crippen LogP contribution in [0.3, 0.4) is 0 Å². The summed E-state index contributed by atoms with van der Waals surface area (Å²) in [5, 5.41) is 29.8. The quantitative estimate of drug-likeness (QED) is 0.346. The van der Waals surface area contributed by atoms with Crippen LogP contribution in [0.5, 0.6) is 5.75 Å². The fourth-order valence-electron chi connectivity index (χ4n) is 5.44. The number of benzene rings is 1. The van der Waals surface area contributed by atoms with Crippen LogP contribution >= 0.6 is 0 Å². The molecule has 1 saturated carbocycles. The molecule has 31 heavy (non-hydrogen) atoms. The van der Waals surface area contributed by atoms with Gasteiger partial charge < -0.3 is 24.8 Å². The first-order chi connectivity index (χ1) is 15.0. The standard InChI is InChI=1S/C25H38O6/c1-2-3-4-7-19(27)9-10-20-21-13-17-6-5-8-24(31-16-25(29)30-12-11-26)22(17)14-18(21)15-23(20)28/h5-6,8,18-21,23,26-28H,2-4,7,9-16H2,1H3. The average molecular weight is 435 g/mol. The fraction of sp³-hybridized carbons (Fsp3) is 0.720. The molecule has 3 N–H and O–H groups in total. The molecule has 0 aromatic heterocycles. The molecule has 1 aromatic carbocycles. The predicted molar refractivity (Wildman–Crippen MR) is 118 cm³/mol. The van der Waals surface area contributed by atoms with Crippen molar-refractivity contribution in [3.63, 3.8) is 0 Å². The van der Waals surface area contributed by atoms with E-state index in [1.54, 1.807) is 0 Å². The summed E-state index contributed by atoms with van der Waals surface area (Å²) in [7, 11) is 0. The SMILES string of the molecule is CCCCCC(O)CCC1C(O)CC2Cc3c(cccc3OCC(=O)OCCO)CC21. The molecule has 174 valence electrons. The van der Waals surface area contributed by atoms with Crippen molar-refractivity contribution in [2.75, 3.05) is 19.8 Å². The Morgan fingerprint density at radius 1 is 1.23 bits per heavy atom. The molecule has 2 aliphatic rings. The maximum Gasteiger partial charge on any atom is 0.344 e. The van der Waals surface area contributed by atoms with Crippen LogP contribution in [-0.4, -0.2) is 53.3 Å². The highest BCUT2D eigenvalue weighted by Gasteiger charge is 2.44. The number of ether oxygens (including phenoxy) is 2. The van der Waals surface area contributed by atoms with E-state index in [0.29, 0.717) is 17.6 Å². The fourth-order valence-corrected chi connectivity index (χ4v) is 5.44. The first kappa shape index (κ1) is 24.0. The largest absolute Gasteiger partial charge is 0.482 e. The summed E-state index contributed by atoms with van der Waals surface area (Å²) in [6, 6.07) is 5.95. The van der Waals surface area contributed by atoms with Crippen molar-refractivity contribution >= 4 is 5.97 Å². The molecular weight excluding hydrogens is 396 g/mol. The summed E-state index contributed by atoms with van der Waals surface area (Å²) >= 11 is 0. The lowest BCUT2D eigenvalue weighted by Gasteiger charge is -2.32. The van der Waals surface area contributed by atoms with Crippen LogP contribution in [0.15, 0.2) is 18.2 Å². The number of fused-ring (bicyclic) bond motifs is 2. The molecule has 5 atom stereocenters. The Hall–Kier alpha value is -1.63. The zero-order chi connectivity index (χ0) is 22.2. The molecule has 5 unspecified atom stereocenters. The number of aliphatic hydroxyl groups excluding tert-OH is 3. The van der Waals surface area contributed by atoms with E-state index in [-0.39, 0.29) is 37.9 Å². The molecule has 0 aliphatic heterocycles. The van der Waals surface area contributed by atoms with Gasteiger partial charge in [0.1, 0.15) is 12.4 Å². The van der Waals surface area contributed by atoms with E-state index in [0.717, 1.165) is 63.4 Å². The highest BCUT2D eigenvalue weighted by molar-refractivity contribution is 5.71. The van der Waals surface area contributed by atoms with Crippen molar-refractivity contribution in [1.82, 2.24) is 0 Å². The normalized spacial score (nSPS) is 25.5. The van der Waals surface area contributed by atoms with Crippen LogP contribution in [-0.2, 0) is 22.4 Å². The Bertz CT molecular complexity index is 705. The molecule has 0 heterocycles. The number of carbonyl (C=O) groups is 1. The van der Waals surface area contributed by atoms with E-state index in [1.807, 2.05) is 12.1 Å². The lowest BCUT2D eigenvalue weighted by Crippen LogP contribution is -2.28. The van der Waals surface area contributed by atoms with Gasteiger partial charge in [0.05, 0.1) is 18.8 Å². The van der Waals surface area contributed by atoms with Gasteiger partial charge in [-0.3, -0.25) is 0 Å². The Kier molecular flexibility index (Phi) is 9.17. The molecule has 2 aliphatic carbocycles. The summed E-state index contributed by atoms with van der Waals surface area (Å²) in [5.41, 5.74) is 2.36. The molecule has 6 heteroatoms. The number of hydrogen-bond acceptors (Lipinski definition) is 6. The van der Waals surface area contributed by atoms with Gasteiger partial charge in [-0.25, -0.2) is 4.79 Å². The second-order valence-electron chi connectivity index (χ2n) is 9.15. The van der Waals surface area contributed by atoms with E-state index in [1.165, 1.54) is 5.56 Å². The van der Waals surface area contributed by atoms with Crippen molar-refractivity contribution in [2.45, 2.75) is 76.9 Å². The van der Waals surface area contributed by atoms with Crippen LogP contribution in [0.25, 0.3) is 0 Å². The number of hydrogen-bond donors (Lipinski definition) is 3. The minimum atomic E-state index is -0.491. The number of carbonyl (C=O) groups excluding carboxylic acids is 1. The summed E-state index contributed by atoms with van der Waals surface area (Å²) in [4.78, 5) is 11.7. The third-order valence-electron chi connectivity index (χ3n) is 7.02. The van der Waals surface area contributed by atoms with Crippen LogP contribution in [0.1, 0.15) is 63.0 Å². The first-order valence-electron chi connectivity index (χ1n) is 11.9. The molecule has 0 saturated heterocycles. The van der Waals surface area contributed by atoms with E-state index < -0.39 is 5.97 Å². The van der Waals surface area contributed by atoms with E-state index in [9.17, 15) is 15.0 Å². The Labute approximate surface area is 185 Å². The highest BCUT2D eigenvalue weighted by atomic mass is 16.6. The summed E-state index contributed by atoms with van der Waals surface area (Å²) in [6.07, 6.45) is 7.83. The average Bonchev–Trinajstić information content (AvgIpc) is 3.07. The van der Waals surface area contributed by atoms with Crippen molar-refractivity contribution in [3.8, 4) is 5.75 Å².